The van der Waals surface area contributed by atoms with E-state index in [0.29, 0.717) is 5.56 Å². The summed E-state index contributed by atoms with van der Waals surface area (Å²) in [4.78, 5) is 14.8. The Morgan fingerprint density at radius 2 is 2.00 bits per heavy atom. The molecule has 0 atom stereocenters. The lowest BCUT2D eigenvalue weighted by Crippen LogP contribution is -2.06. The van der Waals surface area contributed by atoms with E-state index in [0.717, 1.165) is 0 Å². The van der Waals surface area contributed by atoms with Crippen molar-refractivity contribution in [1.29, 1.82) is 0 Å². The fourth-order valence-corrected chi connectivity index (χ4v) is 1.33. The molecule has 1 N–H and O–H groups in total. The number of carboxylic acids is 1. The fourth-order valence-electron chi connectivity index (χ4n) is 1.20. The molecule has 0 spiro atoms. The average molecular weight is 219 g/mol. The van der Waals surface area contributed by atoms with Gasteiger partial charge in [-0.05, 0) is 18.3 Å². The first kappa shape index (κ1) is 9.60. The number of aliphatic imine (C=N–C) groups is 1. The molecule has 0 amide bonds. The largest absolute Gasteiger partial charge is 0.478 e. The number of thiocarbonyl (C=S) groups is 1. The van der Waals surface area contributed by atoms with Crippen molar-refractivity contribution in [3.05, 3.63) is 35.4 Å². The Kier molecular flexibility index (Phi) is 2.34. The second-order valence-electron chi connectivity index (χ2n) is 2.77. The van der Waals surface area contributed by atoms with Gasteiger partial charge in [0.1, 0.15) is 0 Å². The second-order valence-corrected chi connectivity index (χ2v) is 3.13. The summed E-state index contributed by atoms with van der Waals surface area (Å²) < 4.78 is 0. The molecule has 0 fully saturated rings. The quantitative estimate of drug-likeness (QED) is 0.771. The van der Waals surface area contributed by atoms with Gasteiger partial charge in [-0.2, -0.15) is 4.99 Å². The minimum absolute atomic E-state index is 0.116. The van der Waals surface area contributed by atoms with E-state index in [1.54, 1.807) is 18.2 Å². The summed E-state index contributed by atoms with van der Waals surface area (Å²) in [5.41, 5.74) is 0.563. The first-order valence-corrected chi connectivity index (χ1v) is 4.46. The van der Waals surface area contributed by atoms with Crippen molar-refractivity contribution < 1.29 is 9.90 Å². The second kappa shape index (κ2) is 3.66. The van der Waals surface area contributed by atoms with Crippen molar-refractivity contribution in [3.8, 4) is 0 Å². The standard InChI is InChI=1S/C9H5N3O2S/c13-8(14)6-4-2-1-3-5(6)7-10-9(15)12-11-7/h1-4H,(H,13,14). The van der Waals surface area contributed by atoms with Gasteiger partial charge in [-0.1, -0.05) is 18.2 Å². The van der Waals surface area contributed by atoms with Crippen LogP contribution in [-0.4, -0.2) is 22.0 Å². The van der Waals surface area contributed by atoms with Crippen molar-refractivity contribution >= 4 is 29.1 Å². The predicted octanol–water partition coefficient (Wildman–Crippen LogP) is 1.88. The molecule has 1 aliphatic rings. The molecule has 6 heteroatoms. The number of hydrogen-bond donors (Lipinski definition) is 1. The molecule has 1 aliphatic heterocycles. The van der Waals surface area contributed by atoms with E-state index in [2.05, 4.69) is 15.2 Å². The van der Waals surface area contributed by atoms with Crippen LogP contribution in [0, 0.1) is 0 Å². The Balaban J connectivity index is 2.54. The summed E-state index contributed by atoms with van der Waals surface area (Å²) in [6.07, 6.45) is 0. The van der Waals surface area contributed by atoms with E-state index in [-0.39, 0.29) is 16.5 Å². The van der Waals surface area contributed by atoms with Gasteiger partial charge in [-0.25, -0.2) is 4.79 Å². The van der Waals surface area contributed by atoms with Gasteiger partial charge >= 0.3 is 5.97 Å². The fraction of sp³-hybridized carbons (Fsp3) is 0. The average Bonchev–Trinajstić information content (AvgIpc) is 2.65. The Labute approximate surface area is 90.2 Å². The van der Waals surface area contributed by atoms with Crippen molar-refractivity contribution in [2.24, 2.45) is 15.2 Å². The van der Waals surface area contributed by atoms with E-state index >= 15 is 0 Å². The predicted molar refractivity (Wildman–Crippen MR) is 57.4 cm³/mol. The third-order valence-electron chi connectivity index (χ3n) is 1.83. The monoisotopic (exact) mass is 219 g/mol. The zero-order chi connectivity index (χ0) is 10.8. The number of carboxylic acid groups (broad SMARTS) is 1. The van der Waals surface area contributed by atoms with Gasteiger partial charge in [0.25, 0.3) is 0 Å². The Bertz CT molecular complexity index is 508. The number of hydrogen-bond acceptors (Lipinski definition) is 3. The number of carbonyl (C=O) groups is 1. The molecule has 1 aromatic rings. The lowest BCUT2D eigenvalue weighted by atomic mass is 10.1. The topological polar surface area (TPSA) is 74.4 Å². The molecule has 1 aromatic carbocycles. The number of azo groups is 1. The van der Waals surface area contributed by atoms with Crippen LogP contribution in [0.25, 0.3) is 0 Å². The van der Waals surface area contributed by atoms with Crippen LogP contribution in [0.15, 0.2) is 39.5 Å². The molecule has 0 saturated carbocycles. The van der Waals surface area contributed by atoms with Crippen LogP contribution < -0.4 is 0 Å². The third-order valence-corrected chi connectivity index (χ3v) is 2.00. The van der Waals surface area contributed by atoms with Gasteiger partial charge in [0.05, 0.1) is 5.56 Å². The maximum absolute atomic E-state index is 10.9. The third kappa shape index (κ3) is 1.79. The molecular weight excluding hydrogens is 214 g/mol. The van der Waals surface area contributed by atoms with Crippen LogP contribution in [0.2, 0.25) is 0 Å². The van der Waals surface area contributed by atoms with Crippen LogP contribution in [0.1, 0.15) is 15.9 Å². The molecule has 74 valence electrons. The smallest absolute Gasteiger partial charge is 0.336 e. The lowest BCUT2D eigenvalue weighted by Gasteiger charge is -2.00. The van der Waals surface area contributed by atoms with Crippen molar-refractivity contribution in [2.45, 2.75) is 0 Å². The van der Waals surface area contributed by atoms with Crippen LogP contribution >= 0.6 is 12.2 Å². The van der Waals surface area contributed by atoms with E-state index in [1.807, 2.05) is 0 Å². The van der Waals surface area contributed by atoms with E-state index in [9.17, 15) is 4.79 Å². The molecule has 1 heterocycles. The Morgan fingerprint density at radius 3 is 2.60 bits per heavy atom. The van der Waals surface area contributed by atoms with Gasteiger partial charge < -0.3 is 5.11 Å². The molecule has 0 unspecified atom stereocenters. The highest BCUT2D eigenvalue weighted by Gasteiger charge is 2.17. The van der Waals surface area contributed by atoms with Gasteiger partial charge in [-0.15, -0.1) is 10.2 Å². The summed E-state index contributed by atoms with van der Waals surface area (Å²) >= 11 is 4.71. The molecule has 0 aromatic heterocycles. The zero-order valence-electron chi connectivity index (χ0n) is 7.41. The number of benzene rings is 1. The number of aromatic carboxylic acids is 1. The summed E-state index contributed by atoms with van der Waals surface area (Å²) in [5, 5.41) is 16.3. The summed E-state index contributed by atoms with van der Waals surface area (Å²) in [7, 11) is 0. The van der Waals surface area contributed by atoms with Crippen molar-refractivity contribution in [3.63, 3.8) is 0 Å². The molecule has 0 saturated heterocycles. The van der Waals surface area contributed by atoms with Crippen LogP contribution in [0.4, 0.5) is 0 Å². The first-order chi connectivity index (χ1) is 7.18. The van der Waals surface area contributed by atoms with Crippen molar-refractivity contribution in [2.75, 3.05) is 0 Å². The Hall–Kier alpha value is -1.95. The highest BCUT2D eigenvalue weighted by molar-refractivity contribution is 7.80. The molecule has 0 aliphatic carbocycles. The molecule has 5 nitrogen and oxygen atoms in total. The highest BCUT2D eigenvalue weighted by Crippen LogP contribution is 2.14. The molecular formula is C9H5N3O2S. The lowest BCUT2D eigenvalue weighted by molar-refractivity contribution is 0.0696. The maximum atomic E-state index is 10.9. The van der Waals surface area contributed by atoms with Gasteiger partial charge in [0.2, 0.25) is 5.11 Å². The molecule has 2 rings (SSSR count). The Morgan fingerprint density at radius 1 is 1.27 bits per heavy atom. The van der Waals surface area contributed by atoms with E-state index in [4.69, 9.17) is 17.3 Å². The van der Waals surface area contributed by atoms with E-state index < -0.39 is 5.97 Å². The molecule has 15 heavy (non-hydrogen) atoms. The SMILES string of the molecule is O=C(O)c1ccccc1C1=NC(=S)N=N1. The number of rotatable bonds is 2. The van der Waals surface area contributed by atoms with Crippen molar-refractivity contribution in [1.82, 2.24) is 0 Å². The number of amidine groups is 1. The summed E-state index contributed by atoms with van der Waals surface area (Å²) in [5.74, 6) is -0.778. The molecule has 0 radical (unpaired) electrons. The van der Waals surface area contributed by atoms with Crippen LogP contribution in [0.3, 0.4) is 0 Å². The van der Waals surface area contributed by atoms with Crippen LogP contribution in [-0.2, 0) is 0 Å². The normalized spacial score (nSPS) is 14.1. The number of nitrogens with zero attached hydrogens (tertiary/aromatic N) is 3. The zero-order valence-corrected chi connectivity index (χ0v) is 8.23. The minimum atomic E-state index is -1.03. The summed E-state index contributed by atoms with van der Waals surface area (Å²) in [6.45, 7) is 0. The molecule has 0 bridgehead atoms. The maximum Gasteiger partial charge on any atom is 0.336 e. The van der Waals surface area contributed by atoms with Crippen LogP contribution in [0.5, 0.6) is 0 Å². The first-order valence-electron chi connectivity index (χ1n) is 4.05. The van der Waals surface area contributed by atoms with E-state index in [1.165, 1.54) is 6.07 Å². The van der Waals surface area contributed by atoms with Gasteiger partial charge in [0, 0.05) is 5.56 Å². The highest BCUT2D eigenvalue weighted by atomic mass is 32.1. The van der Waals surface area contributed by atoms with Gasteiger partial charge in [0.15, 0.2) is 5.84 Å². The van der Waals surface area contributed by atoms with Gasteiger partial charge in [-0.3, -0.25) is 0 Å². The minimum Gasteiger partial charge on any atom is -0.478 e. The summed E-state index contributed by atoms with van der Waals surface area (Å²) in [6, 6.07) is 6.45.